The van der Waals surface area contributed by atoms with Gasteiger partial charge < -0.3 is 19.9 Å². The number of nitriles is 1. The molecule has 0 radical (unpaired) electrons. The minimum Gasteiger partial charge on any atom is -0.494 e. The molecule has 0 bridgehead atoms. The molecule has 0 saturated carbocycles. The van der Waals surface area contributed by atoms with Gasteiger partial charge >= 0.3 is 0 Å². The van der Waals surface area contributed by atoms with Gasteiger partial charge in [-0.25, -0.2) is 4.99 Å². The molecule has 3 aromatic carbocycles. The van der Waals surface area contributed by atoms with Crippen molar-refractivity contribution in [3.63, 3.8) is 0 Å². The van der Waals surface area contributed by atoms with Crippen molar-refractivity contribution in [1.29, 1.82) is 5.26 Å². The molecule has 1 fully saturated rings. The van der Waals surface area contributed by atoms with Crippen molar-refractivity contribution in [2.75, 3.05) is 51.7 Å². The van der Waals surface area contributed by atoms with Crippen LogP contribution in [0, 0.1) is 11.3 Å². The van der Waals surface area contributed by atoms with Crippen LogP contribution in [0.5, 0.6) is 5.88 Å². The maximum Gasteiger partial charge on any atom is 0.240 e. The first kappa shape index (κ1) is 25.2. The van der Waals surface area contributed by atoms with Crippen molar-refractivity contribution in [1.82, 2.24) is 14.8 Å². The predicted octanol–water partition coefficient (Wildman–Crippen LogP) is 4.12. The summed E-state index contributed by atoms with van der Waals surface area (Å²) in [6.07, 6.45) is 0. The minimum absolute atomic E-state index is 0.0106. The van der Waals surface area contributed by atoms with Gasteiger partial charge in [-0.15, -0.1) is 0 Å². The fourth-order valence-corrected chi connectivity index (χ4v) is 4.67. The molecule has 1 saturated heterocycles. The van der Waals surface area contributed by atoms with Crippen LogP contribution in [0.3, 0.4) is 0 Å². The van der Waals surface area contributed by atoms with E-state index in [0.717, 1.165) is 48.3 Å². The van der Waals surface area contributed by atoms with Gasteiger partial charge in [0.15, 0.2) is 5.88 Å². The number of hydrogen-bond donors (Lipinski definition) is 2. The number of carbonyl (C=O) groups is 1. The first-order valence-electron chi connectivity index (χ1n) is 12.6. The zero-order valence-electron chi connectivity index (χ0n) is 21.6. The number of hydrogen-bond acceptors (Lipinski definition) is 6. The van der Waals surface area contributed by atoms with Gasteiger partial charge in [0.2, 0.25) is 5.91 Å². The second-order valence-electron chi connectivity index (χ2n) is 9.60. The van der Waals surface area contributed by atoms with Gasteiger partial charge in [0.05, 0.1) is 35.1 Å². The summed E-state index contributed by atoms with van der Waals surface area (Å²) in [7, 11) is 3.89. The topological polar surface area (TPSA) is 99.0 Å². The predicted molar refractivity (Wildman–Crippen MR) is 150 cm³/mol. The van der Waals surface area contributed by atoms with Crippen LogP contribution >= 0.6 is 0 Å². The quantitative estimate of drug-likeness (QED) is 0.383. The molecule has 0 aliphatic carbocycles. The maximum atomic E-state index is 12.9. The molecule has 0 atom stereocenters. The van der Waals surface area contributed by atoms with E-state index in [1.807, 2.05) is 54.6 Å². The van der Waals surface area contributed by atoms with Crippen molar-refractivity contribution in [2.24, 2.45) is 4.99 Å². The van der Waals surface area contributed by atoms with E-state index in [9.17, 15) is 15.2 Å². The molecule has 1 aromatic heterocycles. The first-order chi connectivity index (χ1) is 18.4. The van der Waals surface area contributed by atoms with Crippen LogP contribution in [0.4, 0.5) is 11.4 Å². The van der Waals surface area contributed by atoms with E-state index in [0.29, 0.717) is 29.1 Å². The van der Waals surface area contributed by atoms with Crippen LogP contribution < -0.4 is 4.90 Å². The highest BCUT2D eigenvalue weighted by molar-refractivity contribution is 6.22. The Labute approximate surface area is 222 Å². The number of rotatable bonds is 6. The Bertz CT molecular complexity index is 1510. The molecule has 1 amide bonds. The lowest BCUT2D eigenvalue weighted by Gasteiger charge is -2.32. The van der Waals surface area contributed by atoms with Gasteiger partial charge in [0.25, 0.3) is 0 Å². The Morgan fingerprint density at radius 1 is 1.05 bits per heavy atom. The van der Waals surface area contributed by atoms with Crippen LogP contribution in [-0.4, -0.2) is 78.3 Å². The summed E-state index contributed by atoms with van der Waals surface area (Å²) >= 11 is 0. The van der Waals surface area contributed by atoms with Crippen molar-refractivity contribution < 1.29 is 9.90 Å². The molecule has 8 nitrogen and oxygen atoms in total. The third kappa shape index (κ3) is 5.30. The second-order valence-corrected chi connectivity index (χ2v) is 9.60. The standard InChI is InChI=1S/C30H30N6O2/c1-34-14-16-36(17-15-34)20-27(37)35(2)24-11-9-23(10-12-24)32-29(22-6-4-3-5-7-22)28-25-18-21(19-31)8-13-26(25)33-30(28)38/h3-13,18,33,38H,14-17,20H2,1-2H3. The SMILES string of the molecule is CN1CCN(CC(=O)N(C)c2ccc(N=C(c3ccccc3)c3c(O)[nH]c4ccc(C#N)cc34)cc2)CC1. The average molecular weight is 507 g/mol. The zero-order chi connectivity index (χ0) is 26.6. The van der Waals surface area contributed by atoms with Gasteiger partial charge in [-0.3, -0.25) is 9.69 Å². The van der Waals surface area contributed by atoms with Gasteiger partial charge in [-0.1, -0.05) is 30.3 Å². The van der Waals surface area contributed by atoms with E-state index in [-0.39, 0.29) is 11.8 Å². The number of piperazine rings is 1. The molecule has 0 unspecified atom stereocenters. The number of likely N-dealkylation sites (N-methyl/N-ethyl adjacent to an activating group) is 2. The zero-order valence-corrected chi connectivity index (χ0v) is 21.6. The molecule has 8 heteroatoms. The van der Waals surface area contributed by atoms with Crippen molar-refractivity contribution in [2.45, 2.75) is 0 Å². The van der Waals surface area contributed by atoms with Crippen molar-refractivity contribution in [3.8, 4) is 11.9 Å². The lowest BCUT2D eigenvalue weighted by atomic mass is 10.00. The molecule has 5 rings (SSSR count). The number of benzene rings is 3. The van der Waals surface area contributed by atoms with E-state index < -0.39 is 0 Å². The maximum absolute atomic E-state index is 12.9. The third-order valence-electron chi connectivity index (χ3n) is 7.00. The highest BCUT2D eigenvalue weighted by Crippen LogP contribution is 2.32. The Hall–Kier alpha value is -4.45. The third-order valence-corrected chi connectivity index (χ3v) is 7.00. The number of H-pyrrole nitrogens is 1. The normalized spacial score (nSPS) is 14.9. The van der Waals surface area contributed by atoms with Crippen molar-refractivity contribution in [3.05, 3.63) is 89.5 Å². The van der Waals surface area contributed by atoms with Crippen molar-refractivity contribution >= 4 is 33.9 Å². The molecule has 2 heterocycles. The minimum atomic E-state index is -0.0106. The molecule has 2 N–H and O–H groups in total. The number of aliphatic imine (C=N–C) groups is 1. The summed E-state index contributed by atoms with van der Waals surface area (Å²) in [5.74, 6) is 0.0383. The van der Waals surface area contributed by atoms with E-state index >= 15 is 0 Å². The number of anilines is 1. The number of aromatic hydroxyl groups is 1. The lowest BCUT2D eigenvalue weighted by Crippen LogP contribution is -2.48. The second kappa shape index (κ2) is 10.9. The summed E-state index contributed by atoms with van der Waals surface area (Å²) in [6.45, 7) is 4.12. The Morgan fingerprint density at radius 2 is 1.76 bits per heavy atom. The fraction of sp³-hybridized carbons (Fsp3) is 0.233. The lowest BCUT2D eigenvalue weighted by molar-refractivity contribution is -0.119. The number of carbonyl (C=O) groups excluding carboxylic acids is 1. The van der Waals surface area contributed by atoms with Gasteiger partial charge in [-0.2, -0.15) is 5.26 Å². The monoisotopic (exact) mass is 506 g/mol. The largest absolute Gasteiger partial charge is 0.494 e. The van der Waals surface area contributed by atoms with E-state index in [2.05, 4.69) is 27.9 Å². The van der Waals surface area contributed by atoms with Crippen LogP contribution in [0.1, 0.15) is 16.7 Å². The number of amides is 1. The molecule has 192 valence electrons. The van der Waals surface area contributed by atoms with E-state index in [1.54, 1.807) is 30.1 Å². The van der Waals surface area contributed by atoms with E-state index in [1.165, 1.54) is 0 Å². The smallest absolute Gasteiger partial charge is 0.240 e. The van der Waals surface area contributed by atoms with Crippen LogP contribution in [0.2, 0.25) is 0 Å². The van der Waals surface area contributed by atoms with E-state index in [4.69, 9.17) is 4.99 Å². The average Bonchev–Trinajstić information content (AvgIpc) is 3.27. The molecule has 4 aromatic rings. The van der Waals surface area contributed by atoms with Gasteiger partial charge in [-0.05, 0) is 49.5 Å². The highest BCUT2D eigenvalue weighted by Gasteiger charge is 2.21. The molecule has 0 spiro atoms. The summed E-state index contributed by atoms with van der Waals surface area (Å²) in [4.78, 5) is 27.0. The summed E-state index contributed by atoms with van der Waals surface area (Å²) in [5.41, 5.74) is 4.63. The summed E-state index contributed by atoms with van der Waals surface area (Å²) in [6, 6.07) is 24.5. The first-order valence-corrected chi connectivity index (χ1v) is 12.6. The molecular weight excluding hydrogens is 476 g/mol. The number of nitrogens with one attached hydrogen (secondary N) is 1. The van der Waals surface area contributed by atoms with Crippen LogP contribution in [0.25, 0.3) is 10.9 Å². The van der Waals surface area contributed by atoms with Crippen LogP contribution in [0.15, 0.2) is 77.8 Å². The highest BCUT2D eigenvalue weighted by atomic mass is 16.3. The molecular formula is C30H30N6O2. The number of aromatic amines is 1. The number of nitrogens with zero attached hydrogens (tertiary/aromatic N) is 5. The van der Waals surface area contributed by atoms with Gasteiger partial charge in [0, 0.05) is 55.4 Å². The Kier molecular flexibility index (Phi) is 7.22. The summed E-state index contributed by atoms with van der Waals surface area (Å²) in [5, 5.41) is 21.0. The summed E-state index contributed by atoms with van der Waals surface area (Å²) < 4.78 is 0. The molecule has 1 aliphatic rings. The van der Waals surface area contributed by atoms with Gasteiger partial charge in [0.1, 0.15) is 0 Å². The van der Waals surface area contributed by atoms with Crippen LogP contribution in [-0.2, 0) is 4.79 Å². The number of fused-ring (bicyclic) bond motifs is 1. The Balaban J connectivity index is 1.45. The number of aromatic nitrogens is 1. The molecule has 1 aliphatic heterocycles. The fourth-order valence-electron chi connectivity index (χ4n) is 4.67. The Morgan fingerprint density at radius 3 is 2.45 bits per heavy atom. The molecule has 38 heavy (non-hydrogen) atoms.